The van der Waals surface area contributed by atoms with Crippen LogP contribution in [0.5, 0.6) is 0 Å². The molecule has 1 saturated carbocycles. The molecule has 126 valence electrons. The molecule has 0 radical (unpaired) electrons. The van der Waals surface area contributed by atoms with Gasteiger partial charge >= 0.3 is 6.09 Å². The van der Waals surface area contributed by atoms with E-state index in [2.05, 4.69) is 16.0 Å². The van der Waals surface area contributed by atoms with Gasteiger partial charge in [-0.05, 0) is 65.0 Å². The van der Waals surface area contributed by atoms with Gasteiger partial charge in [0.2, 0.25) is 0 Å². The molecule has 0 aromatic carbocycles. The highest BCUT2D eigenvalue weighted by Gasteiger charge is 2.23. The van der Waals surface area contributed by atoms with Gasteiger partial charge in [0, 0.05) is 24.8 Å². The van der Waals surface area contributed by atoms with Crippen LogP contribution in [0.3, 0.4) is 0 Å². The number of piperidine rings is 1. The van der Waals surface area contributed by atoms with Crippen molar-refractivity contribution in [3.63, 3.8) is 0 Å². The molecule has 0 aromatic heterocycles. The first-order valence-corrected chi connectivity index (χ1v) is 8.59. The number of carbonyl (C=O) groups excluding carboxylic acids is 1. The summed E-state index contributed by atoms with van der Waals surface area (Å²) in [6.07, 6.45) is 8.61. The van der Waals surface area contributed by atoms with E-state index in [1.807, 2.05) is 27.0 Å². The monoisotopic (exact) mass is 309 g/mol. The fraction of sp³-hybridized carbons (Fsp3) is 0.824. The third-order valence-electron chi connectivity index (χ3n) is 4.16. The predicted octanol–water partition coefficient (Wildman–Crippen LogP) is 2.68. The second-order valence-corrected chi connectivity index (χ2v) is 7.37. The molecule has 1 aliphatic carbocycles. The third-order valence-corrected chi connectivity index (χ3v) is 4.16. The minimum atomic E-state index is -0.458. The maximum Gasteiger partial charge on any atom is 0.411 e. The number of amides is 1. The van der Waals surface area contributed by atoms with Crippen molar-refractivity contribution >= 4 is 6.09 Å². The number of hydrogen-bond donors (Lipinski definition) is 3. The Balaban J connectivity index is 1.88. The smallest absolute Gasteiger partial charge is 0.411 e. The van der Waals surface area contributed by atoms with Crippen molar-refractivity contribution in [1.82, 2.24) is 16.0 Å². The Morgan fingerprint density at radius 3 is 2.77 bits per heavy atom. The van der Waals surface area contributed by atoms with Crippen molar-refractivity contribution in [3.05, 3.63) is 11.8 Å². The average Bonchev–Trinajstić information content (AvgIpc) is 2.46. The zero-order chi connectivity index (χ0) is 16.0. The average molecular weight is 309 g/mol. The molecule has 1 heterocycles. The van der Waals surface area contributed by atoms with Crippen molar-refractivity contribution < 1.29 is 9.53 Å². The van der Waals surface area contributed by atoms with Crippen LogP contribution in [0.1, 0.15) is 59.3 Å². The van der Waals surface area contributed by atoms with Gasteiger partial charge in [-0.2, -0.15) is 0 Å². The van der Waals surface area contributed by atoms with Crippen LogP contribution in [-0.2, 0) is 4.74 Å². The van der Waals surface area contributed by atoms with E-state index in [0.29, 0.717) is 12.1 Å². The molecule has 2 unspecified atom stereocenters. The van der Waals surface area contributed by atoms with E-state index >= 15 is 0 Å². The van der Waals surface area contributed by atoms with Crippen LogP contribution >= 0.6 is 0 Å². The molecule has 2 fully saturated rings. The van der Waals surface area contributed by atoms with E-state index in [1.165, 1.54) is 31.3 Å². The summed E-state index contributed by atoms with van der Waals surface area (Å²) < 4.78 is 5.29. The van der Waals surface area contributed by atoms with E-state index < -0.39 is 5.60 Å². The zero-order valence-corrected chi connectivity index (χ0v) is 14.2. The molecule has 2 aliphatic rings. The maximum absolute atomic E-state index is 11.8. The molecule has 1 saturated heterocycles. The molecule has 0 aromatic rings. The predicted molar refractivity (Wildman–Crippen MR) is 88.7 cm³/mol. The summed E-state index contributed by atoms with van der Waals surface area (Å²) in [5.74, 6) is 0. The SMILES string of the molecule is CC(C)(C)OC(=O)N/C=C1/CCCCC1NC1CCCNC1. The van der Waals surface area contributed by atoms with E-state index in [-0.39, 0.29) is 6.09 Å². The highest BCUT2D eigenvalue weighted by molar-refractivity contribution is 5.69. The fourth-order valence-corrected chi connectivity index (χ4v) is 3.14. The van der Waals surface area contributed by atoms with Crippen molar-refractivity contribution in [2.75, 3.05) is 13.1 Å². The summed E-state index contributed by atoms with van der Waals surface area (Å²) in [6.45, 7) is 7.80. The molecule has 0 bridgehead atoms. The normalized spacial score (nSPS) is 28.4. The number of alkyl carbamates (subject to hydrolysis) is 1. The minimum absolute atomic E-state index is 0.372. The van der Waals surface area contributed by atoms with Crippen LogP contribution in [0.15, 0.2) is 11.8 Å². The lowest BCUT2D eigenvalue weighted by Gasteiger charge is -2.33. The zero-order valence-electron chi connectivity index (χ0n) is 14.2. The van der Waals surface area contributed by atoms with Crippen LogP contribution in [0.4, 0.5) is 4.79 Å². The molecule has 2 atom stereocenters. The Morgan fingerprint density at radius 1 is 1.27 bits per heavy atom. The first-order chi connectivity index (χ1) is 10.4. The Kier molecular flexibility index (Phi) is 6.26. The third kappa shape index (κ3) is 5.97. The quantitative estimate of drug-likeness (QED) is 0.750. The van der Waals surface area contributed by atoms with Crippen LogP contribution in [0, 0.1) is 0 Å². The Bertz CT molecular complexity index is 395. The standard InChI is InChI=1S/C17H31N3O2/c1-17(2,3)22-16(21)19-11-13-7-4-5-9-15(13)20-14-8-6-10-18-12-14/h11,14-15,18,20H,4-10,12H2,1-3H3,(H,19,21)/b13-11-. The van der Waals surface area contributed by atoms with Crippen molar-refractivity contribution in [3.8, 4) is 0 Å². The first-order valence-electron chi connectivity index (χ1n) is 8.59. The van der Waals surface area contributed by atoms with Crippen molar-refractivity contribution in [1.29, 1.82) is 0 Å². The largest absolute Gasteiger partial charge is 0.444 e. The Labute approximate surface area is 134 Å². The Hall–Kier alpha value is -1.07. The van der Waals surface area contributed by atoms with Gasteiger partial charge in [-0.15, -0.1) is 0 Å². The summed E-state index contributed by atoms with van der Waals surface area (Å²) in [6, 6.07) is 0.926. The van der Waals surface area contributed by atoms with Crippen LogP contribution in [0.2, 0.25) is 0 Å². The second kappa shape index (κ2) is 7.97. The molecule has 1 aliphatic heterocycles. The summed E-state index contributed by atoms with van der Waals surface area (Å²) in [5, 5.41) is 10.00. The molecule has 22 heavy (non-hydrogen) atoms. The van der Waals surface area contributed by atoms with Crippen molar-refractivity contribution in [2.24, 2.45) is 0 Å². The molecule has 1 amide bonds. The minimum Gasteiger partial charge on any atom is -0.444 e. The number of carbonyl (C=O) groups is 1. The second-order valence-electron chi connectivity index (χ2n) is 7.37. The van der Waals surface area contributed by atoms with Crippen LogP contribution in [-0.4, -0.2) is 36.9 Å². The molecule has 5 nitrogen and oxygen atoms in total. The number of nitrogens with one attached hydrogen (secondary N) is 3. The summed E-state index contributed by atoms with van der Waals surface area (Å²) in [7, 11) is 0. The van der Waals surface area contributed by atoms with Gasteiger partial charge in [-0.25, -0.2) is 4.79 Å². The van der Waals surface area contributed by atoms with Crippen LogP contribution < -0.4 is 16.0 Å². The number of ether oxygens (including phenoxy) is 1. The molecule has 0 spiro atoms. The van der Waals surface area contributed by atoms with Gasteiger partial charge in [-0.1, -0.05) is 6.42 Å². The lowest BCUT2D eigenvalue weighted by atomic mass is 9.89. The van der Waals surface area contributed by atoms with Gasteiger partial charge in [0.25, 0.3) is 0 Å². The molecule has 3 N–H and O–H groups in total. The van der Waals surface area contributed by atoms with Gasteiger partial charge in [0.15, 0.2) is 0 Å². The van der Waals surface area contributed by atoms with E-state index in [0.717, 1.165) is 25.9 Å². The molecular weight excluding hydrogens is 278 g/mol. The summed E-state index contributed by atoms with van der Waals surface area (Å²) >= 11 is 0. The highest BCUT2D eigenvalue weighted by Crippen LogP contribution is 2.24. The van der Waals surface area contributed by atoms with E-state index in [4.69, 9.17) is 4.74 Å². The molecular formula is C17H31N3O2. The van der Waals surface area contributed by atoms with Crippen molar-refractivity contribution in [2.45, 2.75) is 77.0 Å². The van der Waals surface area contributed by atoms with E-state index in [9.17, 15) is 4.79 Å². The van der Waals surface area contributed by atoms with Crippen LogP contribution in [0.25, 0.3) is 0 Å². The highest BCUT2D eigenvalue weighted by atomic mass is 16.6. The molecule has 5 heteroatoms. The molecule has 2 rings (SSSR count). The lowest BCUT2D eigenvalue weighted by Crippen LogP contribution is -2.48. The first kappa shape index (κ1) is 17.3. The lowest BCUT2D eigenvalue weighted by molar-refractivity contribution is 0.0551. The maximum atomic E-state index is 11.8. The Morgan fingerprint density at radius 2 is 2.09 bits per heavy atom. The van der Waals surface area contributed by atoms with E-state index in [1.54, 1.807) is 0 Å². The number of rotatable bonds is 3. The topological polar surface area (TPSA) is 62.4 Å². The summed E-state index contributed by atoms with van der Waals surface area (Å²) in [5.41, 5.74) is 0.836. The van der Waals surface area contributed by atoms with Gasteiger partial charge in [0.05, 0.1) is 0 Å². The summed E-state index contributed by atoms with van der Waals surface area (Å²) in [4.78, 5) is 11.8. The number of hydrogen-bond acceptors (Lipinski definition) is 4. The van der Waals surface area contributed by atoms with Gasteiger partial charge < -0.3 is 15.4 Å². The fourth-order valence-electron chi connectivity index (χ4n) is 3.14. The van der Waals surface area contributed by atoms with Gasteiger partial charge in [0.1, 0.15) is 5.60 Å². The van der Waals surface area contributed by atoms with Gasteiger partial charge in [-0.3, -0.25) is 5.32 Å².